The molecule has 6 nitrogen and oxygen atoms in total. The van der Waals surface area contributed by atoms with Crippen molar-refractivity contribution < 1.29 is 22.8 Å². The van der Waals surface area contributed by atoms with E-state index in [-0.39, 0.29) is 18.9 Å². The fraction of sp³-hybridized carbons (Fsp3) is 0.225. The van der Waals surface area contributed by atoms with Gasteiger partial charge in [0.15, 0.2) is 3.55 Å². The van der Waals surface area contributed by atoms with Gasteiger partial charge in [0.05, 0.1) is 11.3 Å². The number of hydrogen-bond acceptors (Lipinski definition) is 5. The Labute approximate surface area is 314 Å². The summed E-state index contributed by atoms with van der Waals surface area (Å²) in [6, 6.07) is 31.6. The van der Waals surface area contributed by atoms with Crippen molar-refractivity contribution in [2.75, 3.05) is 27.2 Å². The SMILES string of the molecule is CN(CCN(C)C(=O)C(I)(Cc1ccccc1)N(Cc1ccc(-c2ccccn2)cc1)C(=O)C=Cc1ccc(C(F)(F)F)cc1)Cc1cccs1. The molecule has 0 fully saturated rings. The van der Waals surface area contributed by atoms with Crippen LogP contribution in [0.15, 0.2) is 127 Å². The molecule has 0 aliphatic heterocycles. The molecule has 0 aliphatic rings. The highest BCUT2D eigenvalue weighted by Gasteiger charge is 2.45. The molecular formula is C40H38F3IN4O2S. The van der Waals surface area contributed by atoms with E-state index in [1.165, 1.54) is 29.2 Å². The molecule has 2 aromatic heterocycles. The predicted molar refractivity (Wildman–Crippen MR) is 206 cm³/mol. The fourth-order valence-electron chi connectivity index (χ4n) is 5.53. The van der Waals surface area contributed by atoms with Crippen LogP contribution in [0.5, 0.6) is 0 Å². The number of halogens is 4. The average Bonchev–Trinajstić information content (AvgIpc) is 3.65. The van der Waals surface area contributed by atoms with Crippen molar-refractivity contribution >= 4 is 51.8 Å². The molecular weight excluding hydrogens is 784 g/mol. The van der Waals surface area contributed by atoms with Crippen molar-refractivity contribution in [3.63, 3.8) is 0 Å². The molecule has 2 heterocycles. The van der Waals surface area contributed by atoms with Gasteiger partial charge in [0.2, 0.25) is 5.91 Å². The Hall–Kier alpha value is -4.33. The average molecular weight is 823 g/mol. The predicted octanol–water partition coefficient (Wildman–Crippen LogP) is 8.84. The lowest BCUT2D eigenvalue weighted by Crippen LogP contribution is -2.58. The number of benzene rings is 3. The Bertz CT molecular complexity index is 1890. The number of aromatic nitrogens is 1. The normalized spacial score (nSPS) is 12.9. The van der Waals surface area contributed by atoms with Crippen LogP contribution in [-0.4, -0.2) is 62.2 Å². The van der Waals surface area contributed by atoms with Crippen molar-refractivity contribution in [2.24, 2.45) is 0 Å². The van der Waals surface area contributed by atoms with Crippen LogP contribution in [0.25, 0.3) is 17.3 Å². The lowest BCUT2D eigenvalue weighted by molar-refractivity contribution is -0.144. The van der Waals surface area contributed by atoms with Crippen molar-refractivity contribution in [1.82, 2.24) is 19.7 Å². The summed E-state index contributed by atoms with van der Waals surface area (Å²) in [5.74, 6) is -0.691. The van der Waals surface area contributed by atoms with Crippen LogP contribution in [0.4, 0.5) is 13.2 Å². The van der Waals surface area contributed by atoms with Crippen molar-refractivity contribution in [1.29, 1.82) is 0 Å². The first kappa shape index (κ1) is 37.9. The number of carbonyl (C=O) groups excluding carboxylic acids is 2. The number of hydrogen-bond donors (Lipinski definition) is 0. The zero-order valence-electron chi connectivity index (χ0n) is 28.3. The molecule has 0 aliphatic carbocycles. The van der Waals surface area contributed by atoms with Gasteiger partial charge in [-0.2, -0.15) is 13.2 Å². The summed E-state index contributed by atoms with van der Waals surface area (Å²) in [5, 5.41) is 2.04. The van der Waals surface area contributed by atoms with E-state index in [2.05, 4.69) is 38.5 Å². The van der Waals surface area contributed by atoms with E-state index in [0.717, 1.165) is 41.1 Å². The first-order chi connectivity index (χ1) is 24.4. The molecule has 0 saturated heterocycles. The summed E-state index contributed by atoms with van der Waals surface area (Å²) in [6.07, 6.45) is 0.292. The van der Waals surface area contributed by atoms with Crippen molar-refractivity contribution in [3.05, 3.63) is 154 Å². The van der Waals surface area contributed by atoms with Gasteiger partial charge in [-0.1, -0.05) is 78.9 Å². The molecule has 264 valence electrons. The number of amides is 2. The zero-order valence-corrected chi connectivity index (χ0v) is 31.2. The molecule has 51 heavy (non-hydrogen) atoms. The smallest absolute Gasteiger partial charge is 0.342 e. The fourth-order valence-corrected chi connectivity index (χ4v) is 7.58. The summed E-state index contributed by atoms with van der Waals surface area (Å²) >= 11 is 3.80. The number of thiophene rings is 1. The second-order valence-electron chi connectivity index (χ2n) is 12.3. The van der Waals surface area contributed by atoms with Gasteiger partial charge in [0, 0.05) is 62.4 Å². The van der Waals surface area contributed by atoms with Crippen molar-refractivity contribution in [2.45, 2.75) is 29.2 Å². The molecule has 11 heteroatoms. The molecule has 1 atom stereocenters. The third-order valence-electron chi connectivity index (χ3n) is 8.38. The van der Waals surface area contributed by atoms with Crippen LogP contribution in [0.2, 0.25) is 0 Å². The Morgan fingerprint density at radius 1 is 0.804 bits per heavy atom. The second kappa shape index (κ2) is 17.3. The Kier molecular flexibility index (Phi) is 12.8. The Balaban J connectivity index is 1.47. The number of pyridine rings is 1. The van der Waals surface area contributed by atoms with Gasteiger partial charge < -0.3 is 9.80 Å². The molecule has 2 amide bonds. The molecule has 1 unspecified atom stereocenters. The molecule has 0 bridgehead atoms. The Morgan fingerprint density at radius 3 is 2.14 bits per heavy atom. The third-order valence-corrected chi connectivity index (χ3v) is 10.7. The molecule has 0 spiro atoms. The van der Waals surface area contributed by atoms with Crippen LogP contribution in [0, 0.1) is 0 Å². The minimum Gasteiger partial charge on any atom is -0.342 e. The first-order valence-electron chi connectivity index (χ1n) is 16.3. The minimum atomic E-state index is -4.47. The van der Waals surface area contributed by atoms with Crippen LogP contribution in [-0.2, 0) is 35.3 Å². The highest BCUT2D eigenvalue weighted by molar-refractivity contribution is 14.1. The number of likely N-dealkylation sites (N-methyl/N-ethyl adjacent to an activating group) is 2. The minimum absolute atomic E-state index is 0.103. The van der Waals surface area contributed by atoms with E-state index in [0.29, 0.717) is 18.7 Å². The first-order valence-corrected chi connectivity index (χ1v) is 18.2. The summed E-state index contributed by atoms with van der Waals surface area (Å²) in [7, 11) is 3.76. The molecule has 0 radical (unpaired) electrons. The molecule has 3 aromatic carbocycles. The van der Waals surface area contributed by atoms with Crippen LogP contribution >= 0.6 is 33.9 Å². The summed E-state index contributed by atoms with van der Waals surface area (Å²) in [4.78, 5) is 40.0. The standard InChI is InChI=1S/C40H38F3IN4O2S/c1-46(29-35-11-8-26-51-35)24-25-47(2)38(50)39(44,27-31-9-4-3-5-10-31)48(28-32-13-18-33(19-14-32)36-12-6-7-23-45-36)37(49)22-17-30-15-20-34(21-16-30)40(41,42)43/h3-23,26H,24-25,27-29H2,1-2H3. The van der Waals surface area contributed by atoms with Crippen molar-refractivity contribution in [3.8, 4) is 11.3 Å². The second-order valence-corrected chi connectivity index (χ2v) is 15.1. The van der Waals surface area contributed by atoms with E-state index < -0.39 is 21.2 Å². The summed E-state index contributed by atoms with van der Waals surface area (Å²) in [6.45, 7) is 1.91. The van der Waals surface area contributed by atoms with E-state index in [1.54, 1.807) is 34.4 Å². The third kappa shape index (κ3) is 10.4. The van der Waals surface area contributed by atoms with Gasteiger partial charge in [-0.25, -0.2) is 0 Å². The van der Waals surface area contributed by atoms with E-state index in [9.17, 15) is 22.8 Å². The number of carbonyl (C=O) groups is 2. The maximum absolute atomic E-state index is 14.6. The van der Waals surface area contributed by atoms with Gasteiger partial charge in [0.1, 0.15) is 0 Å². The quantitative estimate of drug-likeness (QED) is 0.0487. The van der Waals surface area contributed by atoms with Gasteiger partial charge >= 0.3 is 6.18 Å². The summed E-state index contributed by atoms with van der Waals surface area (Å²) < 4.78 is 38.2. The number of rotatable bonds is 14. The van der Waals surface area contributed by atoms with Crippen LogP contribution in [0.1, 0.15) is 27.1 Å². The van der Waals surface area contributed by atoms with Gasteiger partial charge in [-0.05, 0) is 88.1 Å². The van der Waals surface area contributed by atoms with E-state index in [1.807, 2.05) is 91.3 Å². The Morgan fingerprint density at radius 2 is 1.51 bits per heavy atom. The maximum atomic E-state index is 14.6. The molecule has 0 saturated carbocycles. The zero-order chi connectivity index (χ0) is 36.4. The topological polar surface area (TPSA) is 56.8 Å². The maximum Gasteiger partial charge on any atom is 0.416 e. The monoisotopic (exact) mass is 822 g/mol. The number of alkyl halides is 4. The lowest BCUT2D eigenvalue weighted by Gasteiger charge is -2.41. The highest BCUT2D eigenvalue weighted by atomic mass is 127. The molecule has 0 N–H and O–H groups in total. The molecule has 5 rings (SSSR count). The van der Waals surface area contributed by atoms with Crippen LogP contribution in [0.3, 0.4) is 0 Å². The van der Waals surface area contributed by atoms with Crippen LogP contribution < -0.4 is 0 Å². The van der Waals surface area contributed by atoms with E-state index in [4.69, 9.17) is 0 Å². The largest absolute Gasteiger partial charge is 0.416 e. The molecule has 5 aromatic rings. The van der Waals surface area contributed by atoms with Gasteiger partial charge in [-0.15, -0.1) is 11.3 Å². The van der Waals surface area contributed by atoms with Gasteiger partial charge in [-0.3, -0.25) is 19.5 Å². The van der Waals surface area contributed by atoms with Gasteiger partial charge in [0.25, 0.3) is 5.91 Å². The lowest BCUT2D eigenvalue weighted by atomic mass is 10.0. The van der Waals surface area contributed by atoms with E-state index >= 15 is 0 Å². The highest BCUT2D eigenvalue weighted by Crippen LogP contribution is 2.34. The number of nitrogens with zero attached hydrogens (tertiary/aromatic N) is 4. The summed E-state index contributed by atoms with van der Waals surface area (Å²) in [5.41, 5.74) is 3.04.